The number of amides is 2. The highest BCUT2D eigenvalue weighted by molar-refractivity contribution is 14.1. The van der Waals surface area contributed by atoms with Crippen LogP contribution in [0.25, 0.3) is 0 Å². The summed E-state index contributed by atoms with van der Waals surface area (Å²) < 4.78 is 30.4. The molecule has 15 heteroatoms. The Hall–Kier alpha value is -2.42. The van der Waals surface area contributed by atoms with Gasteiger partial charge >= 0.3 is 11.8 Å². The number of hydrazine groups is 1. The third kappa shape index (κ3) is 7.65. The zero-order valence-corrected chi connectivity index (χ0v) is 26.1. The summed E-state index contributed by atoms with van der Waals surface area (Å²) in [6.07, 6.45) is 1.43. The molecule has 216 valence electrons. The van der Waals surface area contributed by atoms with Crippen LogP contribution in [0.5, 0.6) is 0 Å². The Labute approximate surface area is 256 Å². The molecule has 2 aromatic rings. The number of aliphatic hydroxyl groups is 2. The number of halogens is 4. The molecule has 2 amide bonds. The molecule has 3 rings (SSSR count). The number of benzene rings is 2. The van der Waals surface area contributed by atoms with Crippen LogP contribution in [-0.2, 0) is 19.3 Å². The number of nitrogens with zero attached hydrogens (tertiary/aromatic N) is 3. The highest BCUT2D eigenvalue weighted by Crippen LogP contribution is 2.35. The third-order valence-electron chi connectivity index (χ3n) is 5.45. The lowest BCUT2D eigenvalue weighted by Crippen LogP contribution is -2.43. The van der Waals surface area contributed by atoms with Crippen molar-refractivity contribution in [3.8, 4) is 0 Å². The largest absolute Gasteiger partial charge is 0.394 e. The Bertz CT molecular complexity index is 1330. The number of carbonyl (C=O) groups excluding carboxylic acids is 2. The van der Waals surface area contributed by atoms with Crippen LogP contribution < -0.4 is 10.7 Å². The summed E-state index contributed by atoms with van der Waals surface area (Å²) in [5, 5.41) is 22.7. The first-order valence-corrected chi connectivity index (χ1v) is 13.9. The summed E-state index contributed by atoms with van der Waals surface area (Å²) in [7, 11) is 4.62. The minimum atomic E-state index is -0.886. The van der Waals surface area contributed by atoms with Crippen molar-refractivity contribution >= 4 is 68.4 Å². The van der Waals surface area contributed by atoms with E-state index in [0.29, 0.717) is 12.4 Å². The second-order valence-corrected chi connectivity index (χ2v) is 11.3. The van der Waals surface area contributed by atoms with E-state index in [1.54, 1.807) is 26.2 Å². The molecule has 0 fully saturated rings. The maximum atomic E-state index is 14.9. The summed E-state index contributed by atoms with van der Waals surface area (Å²) in [5.41, 5.74) is 2.58. The normalized spacial score (nSPS) is 14.2. The molecule has 0 aromatic heterocycles. The standard InChI is InChI=1S/C25H27F2I2N5O6/c1-32(31-21-7-5-16(29)13-19(21)27)25(38)23-22(30-20-6-4-15(28)12-18(20)26)17(14-34(23,2)3)24(37)33(39-10-8-35)40-11-9-36/h4-7,12-14,31,35-36H,8-11H2,1-3H3/p+1. The SMILES string of the molecule is CN(Nc1ccc(I)cc1F)C(=O)C1=C(Nc2ccc(I)cc2F)C(C(=O)N(OCCO)OCCO)=C[N+]1(C)C. The van der Waals surface area contributed by atoms with Crippen LogP contribution in [0, 0.1) is 18.8 Å². The van der Waals surface area contributed by atoms with Gasteiger partial charge in [-0.3, -0.25) is 24.5 Å². The Kier molecular flexibility index (Phi) is 11.2. The lowest BCUT2D eigenvalue weighted by molar-refractivity contribution is -0.791. The number of hydrogen-bond donors (Lipinski definition) is 4. The number of hydroxylamine groups is 2. The van der Waals surface area contributed by atoms with E-state index in [-0.39, 0.29) is 46.0 Å². The van der Waals surface area contributed by atoms with E-state index in [2.05, 4.69) is 10.7 Å². The fraction of sp³-hybridized carbons (Fsp3) is 0.280. The molecule has 0 aliphatic carbocycles. The Morgan fingerprint density at radius 3 is 1.95 bits per heavy atom. The minimum absolute atomic E-state index is 0.00601. The zero-order valence-electron chi connectivity index (χ0n) is 21.8. The molecule has 0 atom stereocenters. The number of rotatable bonds is 12. The molecule has 0 saturated heterocycles. The molecule has 0 spiro atoms. The molecule has 0 unspecified atom stereocenters. The third-order valence-corrected chi connectivity index (χ3v) is 6.79. The van der Waals surface area contributed by atoms with Crippen molar-refractivity contribution in [3.05, 3.63) is 78.3 Å². The number of carbonyl (C=O) groups is 2. The van der Waals surface area contributed by atoms with Crippen LogP contribution in [0.4, 0.5) is 20.2 Å². The van der Waals surface area contributed by atoms with Gasteiger partial charge in [-0.25, -0.2) is 18.5 Å². The second-order valence-electron chi connectivity index (χ2n) is 8.83. The number of nitrogens with one attached hydrogen (secondary N) is 2. The first-order valence-electron chi connectivity index (χ1n) is 11.7. The van der Waals surface area contributed by atoms with Gasteiger partial charge in [0.2, 0.25) is 5.70 Å². The van der Waals surface area contributed by atoms with Crippen molar-refractivity contribution < 1.29 is 42.7 Å². The average molecular weight is 786 g/mol. The van der Waals surface area contributed by atoms with Crippen molar-refractivity contribution in [3.63, 3.8) is 0 Å². The Balaban J connectivity index is 2.08. The van der Waals surface area contributed by atoms with Gasteiger partial charge in [-0.15, -0.1) is 0 Å². The topological polar surface area (TPSA) is 124 Å². The first-order chi connectivity index (χ1) is 18.9. The molecule has 1 aliphatic rings. The van der Waals surface area contributed by atoms with Crippen molar-refractivity contribution in [2.75, 3.05) is 58.3 Å². The van der Waals surface area contributed by atoms with Crippen LogP contribution >= 0.6 is 45.2 Å². The molecule has 40 heavy (non-hydrogen) atoms. The van der Waals surface area contributed by atoms with Crippen molar-refractivity contribution in [2.45, 2.75) is 0 Å². The van der Waals surface area contributed by atoms with Gasteiger partial charge < -0.3 is 15.5 Å². The Morgan fingerprint density at radius 2 is 1.45 bits per heavy atom. The molecule has 0 bridgehead atoms. The summed E-state index contributed by atoms with van der Waals surface area (Å²) in [5.74, 6) is -2.75. The average Bonchev–Trinajstić information content (AvgIpc) is 3.16. The van der Waals surface area contributed by atoms with Crippen LogP contribution in [0.3, 0.4) is 0 Å². The molecule has 11 nitrogen and oxygen atoms in total. The monoisotopic (exact) mass is 786 g/mol. The maximum Gasteiger partial charge on any atom is 0.328 e. The minimum Gasteiger partial charge on any atom is -0.394 e. The first kappa shape index (κ1) is 32.1. The molecule has 4 N–H and O–H groups in total. The molecule has 1 aliphatic heterocycles. The van der Waals surface area contributed by atoms with Crippen molar-refractivity contribution in [1.82, 2.24) is 10.2 Å². The number of anilines is 2. The van der Waals surface area contributed by atoms with Gasteiger partial charge in [0, 0.05) is 14.2 Å². The predicted molar refractivity (Wildman–Crippen MR) is 158 cm³/mol. The van der Waals surface area contributed by atoms with Gasteiger partial charge in [-0.05, 0) is 81.6 Å². The molecule has 1 heterocycles. The van der Waals surface area contributed by atoms with E-state index in [1.807, 2.05) is 45.2 Å². The van der Waals surface area contributed by atoms with Crippen molar-refractivity contribution in [2.24, 2.45) is 0 Å². The molecule has 2 aromatic carbocycles. The number of likely N-dealkylation sites (N-methyl/N-ethyl adjacent to an activating group) is 2. The van der Waals surface area contributed by atoms with Gasteiger partial charge in [-0.1, -0.05) is 5.23 Å². The number of hydrogen-bond acceptors (Lipinski definition) is 8. The van der Waals surface area contributed by atoms with Gasteiger partial charge in [0.15, 0.2) is 0 Å². The second kappa shape index (κ2) is 14.0. The summed E-state index contributed by atoms with van der Waals surface area (Å²) in [6, 6.07) is 8.82. The molecule has 0 saturated carbocycles. The van der Waals surface area contributed by atoms with Crippen LogP contribution in [0.1, 0.15) is 0 Å². The Morgan fingerprint density at radius 1 is 0.925 bits per heavy atom. The predicted octanol–water partition coefficient (Wildman–Crippen LogP) is 2.93. The molecular weight excluding hydrogens is 758 g/mol. The van der Waals surface area contributed by atoms with Gasteiger partial charge in [0.05, 0.1) is 38.7 Å². The quantitative estimate of drug-likeness (QED) is 0.147. The number of aliphatic hydroxyl groups excluding tert-OH is 2. The van der Waals surface area contributed by atoms with E-state index in [0.717, 1.165) is 5.01 Å². The van der Waals surface area contributed by atoms with Crippen molar-refractivity contribution in [1.29, 1.82) is 0 Å². The fourth-order valence-corrected chi connectivity index (χ4v) is 4.61. The smallest absolute Gasteiger partial charge is 0.328 e. The lowest BCUT2D eigenvalue weighted by Gasteiger charge is -2.27. The highest BCUT2D eigenvalue weighted by Gasteiger charge is 2.45. The van der Waals surface area contributed by atoms with Crippen LogP contribution in [-0.4, -0.2) is 84.3 Å². The summed E-state index contributed by atoms with van der Waals surface area (Å²) >= 11 is 3.91. The molecular formula is C25H28F2I2N5O6+. The lowest BCUT2D eigenvalue weighted by atomic mass is 10.1. The van der Waals surface area contributed by atoms with Gasteiger partial charge in [0.25, 0.3) is 0 Å². The van der Waals surface area contributed by atoms with E-state index in [9.17, 15) is 18.4 Å². The maximum absolute atomic E-state index is 14.9. The van der Waals surface area contributed by atoms with Gasteiger partial charge in [0.1, 0.15) is 42.3 Å². The van der Waals surface area contributed by atoms with E-state index in [1.165, 1.54) is 37.5 Å². The number of quaternary nitrogens is 1. The molecule has 0 radical (unpaired) electrons. The highest BCUT2D eigenvalue weighted by atomic mass is 127. The van der Waals surface area contributed by atoms with E-state index < -0.39 is 36.7 Å². The van der Waals surface area contributed by atoms with E-state index >= 15 is 0 Å². The van der Waals surface area contributed by atoms with E-state index in [4.69, 9.17) is 19.9 Å². The van der Waals surface area contributed by atoms with Gasteiger partial charge in [-0.2, -0.15) is 0 Å². The summed E-state index contributed by atoms with van der Waals surface area (Å²) in [4.78, 5) is 37.8. The summed E-state index contributed by atoms with van der Waals surface area (Å²) in [6.45, 7) is -1.48. The van der Waals surface area contributed by atoms with Crippen LogP contribution in [0.2, 0.25) is 0 Å². The van der Waals surface area contributed by atoms with Crippen LogP contribution in [0.15, 0.2) is 59.6 Å². The zero-order chi connectivity index (χ0) is 29.6. The fourth-order valence-electron chi connectivity index (χ4n) is 3.71.